The number of carbonyl (C=O) groups is 1. The van der Waals surface area contributed by atoms with Crippen molar-refractivity contribution in [2.75, 3.05) is 13.1 Å². The molecule has 1 fully saturated rings. The number of ether oxygens (including phenoxy) is 1. The van der Waals surface area contributed by atoms with Crippen molar-refractivity contribution in [1.29, 1.82) is 0 Å². The number of halogens is 1. The molecule has 0 unspecified atom stereocenters. The third-order valence-corrected chi connectivity index (χ3v) is 4.63. The van der Waals surface area contributed by atoms with E-state index in [0.29, 0.717) is 11.6 Å². The van der Waals surface area contributed by atoms with Crippen molar-refractivity contribution < 1.29 is 9.53 Å². The van der Waals surface area contributed by atoms with Crippen LogP contribution in [-0.4, -0.2) is 49.5 Å². The van der Waals surface area contributed by atoms with E-state index in [2.05, 4.69) is 15.0 Å². The zero-order chi connectivity index (χ0) is 17.9. The van der Waals surface area contributed by atoms with Crippen LogP contribution in [0.5, 0.6) is 6.01 Å². The maximum Gasteiger partial charge on any atom is 0.316 e. The molecule has 8 heteroatoms. The van der Waals surface area contributed by atoms with Crippen molar-refractivity contribution in [2.24, 2.45) is 0 Å². The third kappa shape index (κ3) is 3.62. The van der Waals surface area contributed by atoms with Crippen molar-refractivity contribution in [3.05, 3.63) is 48.0 Å². The molecule has 134 valence electrons. The maximum atomic E-state index is 12.7. The molecule has 3 aromatic rings. The highest BCUT2D eigenvalue weighted by atomic mass is 35.5. The highest BCUT2D eigenvalue weighted by Crippen LogP contribution is 2.18. The summed E-state index contributed by atoms with van der Waals surface area (Å²) in [6.07, 6.45) is 6.34. The lowest BCUT2D eigenvalue weighted by Gasteiger charge is -2.32. The summed E-state index contributed by atoms with van der Waals surface area (Å²) in [7, 11) is 0. The highest BCUT2D eigenvalue weighted by molar-refractivity contribution is 6.30. The van der Waals surface area contributed by atoms with Crippen LogP contribution >= 0.6 is 11.6 Å². The molecule has 0 aliphatic carbocycles. The summed E-state index contributed by atoms with van der Waals surface area (Å²) in [6, 6.07) is 8.08. The third-order valence-electron chi connectivity index (χ3n) is 4.43. The molecule has 1 saturated heterocycles. The smallest absolute Gasteiger partial charge is 0.316 e. The predicted molar refractivity (Wildman–Crippen MR) is 97.0 cm³/mol. The lowest BCUT2D eigenvalue weighted by atomic mass is 10.1. The monoisotopic (exact) mass is 371 g/mol. The Kier molecular flexibility index (Phi) is 4.71. The van der Waals surface area contributed by atoms with Gasteiger partial charge in [0.05, 0.1) is 41.3 Å². The molecule has 7 nitrogen and oxygen atoms in total. The molecule has 1 aliphatic rings. The molecular formula is C18H18ClN5O2. The number of piperidine rings is 1. The number of nitrogens with zero attached hydrogens (tertiary/aromatic N) is 5. The molecule has 3 heterocycles. The number of para-hydroxylation sites is 2. The number of amides is 1. The van der Waals surface area contributed by atoms with Crippen LogP contribution in [0.15, 0.2) is 43.0 Å². The number of rotatable bonds is 4. The molecule has 0 N–H and O–H groups in total. The van der Waals surface area contributed by atoms with Crippen LogP contribution in [0.1, 0.15) is 12.8 Å². The average Bonchev–Trinajstić information content (AvgIpc) is 3.07. The second-order valence-electron chi connectivity index (χ2n) is 6.27. The molecule has 2 aromatic heterocycles. The van der Waals surface area contributed by atoms with Crippen molar-refractivity contribution in [1.82, 2.24) is 24.4 Å². The summed E-state index contributed by atoms with van der Waals surface area (Å²) in [5.74, 6) is 0.0541. The fraction of sp³-hybridized carbons (Fsp3) is 0.333. The Balaban J connectivity index is 1.40. The van der Waals surface area contributed by atoms with Crippen molar-refractivity contribution in [2.45, 2.75) is 25.5 Å². The van der Waals surface area contributed by atoms with Gasteiger partial charge in [0, 0.05) is 6.54 Å². The lowest BCUT2D eigenvalue weighted by Crippen LogP contribution is -2.45. The standard InChI is InChI=1S/C18H18ClN5O2/c19-13-8-20-18(21-9-13)26-14-4-3-7-23(10-14)17(25)11-24-12-22-15-5-1-2-6-16(15)24/h1-2,5-6,8-9,12,14H,3-4,7,10-11H2/t14-/m1/s1. The van der Waals surface area contributed by atoms with Gasteiger partial charge in [-0.05, 0) is 25.0 Å². The molecule has 1 atom stereocenters. The molecule has 0 spiro atoms. The van der Waals surface area contributed by atoms with Gasteiger partial charge in [-0.1, -0.05) is 23.7 Å². The van der Waals surface area contributed by atoms with Crippen LogP contribution in [0, 0.1) is 0 Å². The number of likely N-dealkylation sites (tertiary alicyclic amines) is 1. The number of hydrogen-bond acceptors (Lipinski definition) is 5. The molecule has 1 amide bonds. The summed E-state index contributed by atoms with van der Waals surface area (Å²) in [4.78, 5) is 27.0. The number of imidazole rings is 1. The SMILES string of the molecule is O=C(Cn1cnc2ccccc21)N1CCC[C@@H](Oc2ncc(Cl)cn2)C1. The van der Waals surface area contributed by atoms with E-state index in [1.807, 2.05) is 33.7 Å². The topological polar surface area (TPSA) is 73.1 Å². The molecule has 1 aromatic carbocycles. The minimum absolute atomic E-state index is 0.0541. The minimum Gasteiger partial charge on any atom is -0.458 e. The van der Waals surface area contributed by atoms with E-state index in [-0.39, 0.29) is 24.6 Å². The van der Waals surface area contributed by atoms with E-state index in [1.165, 1.54) is 12.4 Å². The largest absolute Gasteiger partial charge is 0.458 e. The van der Waals surface area contributed by atoms with Gasteiger partial charge in [-0.3, -0.25) is 4.79 Å². The van der Waals surface area contributed by atoms with E-state index >= 15 is 0 Å². The summed E-state index contributed by atoms with van der Waals surface area (Å²) in [5.41, 5.74) is 1.85. The molecule has 4 rings (SSSR count). The van der Waals surface area contributed by atoms with Crippen LogP contribution in [0.4, 0.5) is 0 Å². The van der Waals surface area contributed by atoms with Crippen molar-refractivity contribution in [3.63, 3.8) is 0 Å². The van der Waals surface area contributed by atoms with E-state index in [9.17, 15) is 4.79 Å². The summed E-state index contributed by atoms with van der Waals surface area (Å²) in [6.45, 7) is 1.52. The Morgan fingerprint density at radius 3 is 2.88 bits per heavy atom. The molecule has 0 bridgehead atoms. The summed E-state index contributed by atoms with van der Waals surface area (Å²) >= 11 is 5.79. The highest BCUT2D eigenvalue weighted by Gasteiger charge is 2.25. The Hall–Kier alpha value is -2.67. The van der Waals surface area contributed by atoms with Gasteiger partial charge in [0.2, 0.25) is 5.91 Å². The number of carbonyl (C=O) groups excluding carboxylic acids is 1. The van der Waals surface area contributed by atoms with Gasteiger partial charge in [0.25, 0.3) is 0 Å². The zero-order valence-corrected chi connectivity index (χ0v) is 14.8. The molecule has 0 saturated carbocycles. The quantitative estimate of drug-likeness (QED) is 0.704. The first-order chi connectivity index (χ1) is 12.7. The zero-order valence-electron chi connectivity index (χ0n) is 14.1. The number of benzene rings is 1. The van der Waals surface area contributed by atoms with E-state index < -0.39 is 0 Å². The predicted octanol–water partition coefficient (Wildman–Crippen LogP) is 2.55. The van der Waals surface area contributed by atoms with Crippen LogP contribution in [0.25, 0.3) is 11.0 Å². The number of aromatic nitrogens is 4. The van der Waals surface area contributed by atoms with E-state index in [1.54, 1.807) is 6.33 Å². The first-order valence-electron chi connectivity index (χ1n) is 8.51. The minimum atomic E-state index is -0.117. The summed E-state index contributed by atoms with van der Waals surface area (Å²) in [5, 5.41) is 0.463. The van der Waals surface area contributed by atoms with Crippen molar-refractivity contribution in [3.8, 4) is 6.01 Å². The Morgan fingerprint density at radius 1 is 1.23 bits per heavy atom. The Labute approximate surface area is 155 Å². The number of fused-ring (bicyclic) bond motifs is 1. The first-order valence-corrected chi connectivity index (χ1v) is 8.89. The average molecular weight is 372 g/mol. The van der Waals surface area contributed by atoms with Gasteiger partial charge in [-0.2, -0.15) is 0 Å². The van der Waals surface area contributed by atoms with Crippen LogP contribution in [0.2, 0.25) is 5.02 Å². The molecule has 0 radical (unpaired) electrons. The second-order valence-corrected chi connectivity index (χ2v) is 6.70. The van der Waals surface area contributed by atoms with Gasteiger partial charge >= 0.3 is 6.01 Å². The Morgan fingerprint density at radius 2 is 2.04 bits per heavy atom. The maximum absolute atomic E-state index is 12.7. The fourth-order valence-electron chi connectivity index (χ4n) is 3.15. The van der Waals surface area contributed by atoms with Crippen molar-refractivity contribution >= 4 is 28.5 Å². The van der Waals surface area contributed by atoms with Crippen LogP contribution < -0.4 is 4.74 Å². The normalized spacial score (nSPS) is 17.4. The number of hydrogen-bond donors (Lipinski definition) is 0. The Bertz CT molecular complexity index is 911. The van der Waals surface area contributed by atoms with Gasteiger partial charge in [-0.25, -0.2) is 15.0 Å². The summed E-state index contributed by atoms with van der Waals surface area (Å²) < 4.78 is 7.68. The van der Waals surface area contributed by atoms with E-state index in [0.717, 1.165) is 30.4 Å². The van der Waals surface area contributed by atoms with E-state index in [4.69, 9.17) is 16.3 Å². The lowest BCUT2D eigenvalue weighted by molar-refractivity contribution is -0.134. The molecular weight excluding hydrogens is 354 g/mol. The first kappa shape index (κ1) is 16.8. The van der Waals surface area contributed by atoms with Gasteiger partial charge in [0.15, 0.2) is 0 Å². The van der Waals surface area contributed by atoms with Gasteiger partial charge in [0.1, 0.15) is 12.6 Å². The van der Waals surface area contributed by atoms with Crippen LogP contribution in [-0.2, 0) is 11.3 Å². The molecule has 1 aliphatic heterocycles. The molecule has 26 heavy (non-hydrogen) atoms. The van der Waals surface area contributed by atoms with Gasteiger partial charge < -0.3 is 14.2 Å². The van der Waals surface area contributed by atoms with Gasteiger partial charge in [-0.15, -0.1) is 0 Å². The second kappa shape index (κ2) is 7.29. The van der Waals surface area contributed by atoms with Crippen LogP contribution in [0.3, 0.4) is 0 Å². The fourth-order valence-corrected chi connectivity index (χ4v) is 3.25.